The van der Waals surface area contributed by atoms with Crippen LogP contribution in [0, 0.1) is 0 Å². The average Bonchev–Trinajstić information content (AvgIpc) is 2.74. The van der Waals surface area contributed by atoms with Gasteiger partial charge in [-0.1, -0.05) is 0 Å². The van der Waals surface area contributed by atoms with Crippen molar-refractivity contribution < 1.29 is 9.15 Å². The van der Waals surface area contributed by atoms with Gasteiger partial charge in [0.1, 0.15) is 0 Å². The van der Waals surface area contributed by atoms with Gasteiger partial charge < -0.3 is 14.5 Å². The van der Waals surface area contributed by atoms with Gasteiger partial charge in [-0.05, 0) is 6.07 Å². The molecule has 0 radical (unpaired) electrons. The number of nitrogens with zero attached hydrogens (tertiary/aromatic N) is 1. The van der Waals surface area contributed by atoms with Gasteiger partial charge in [-0.25, -0.2) is 0 Å². The molecule has 4 nitrogen and oxygen atoms in total. The van der Waals surface area contributed by atoms with Gasteiger partial charge in [0.2, 0.25) is 0 Å². The third kappa shape index (κ3) is 1.52. The average molecular weight is 204 g/mol. The van der Waals surface area contributed by atoms with Crippen LogP contribution < -0.4 is 5.32 Å². The summed E-state index contributed by atoms with van der Waals surface area (Å²) in [4.78, 5) is 4.03. The summed E-state index contributed by atoms with van der Waals surface area (Å²) in [5.74, 6) is 0. The minimum absolute atomic E-state index is 0.238. The number of furan rings is 1. The van der Waals surface area contributed by atoms with E-state index in [2.05, 4.69) is 10.3 Å². The molecule has 3 heterocycles. The number of fused-ring (bicyclic) bond motifs is 1. The first-order valence-electron chi connectivity index (χ1n) is 5.07. The first-order chi connectivity index (χ1) is 7.45. The van der Waals surface area contributed by atoms with Gasteiger partial charge in [0.15, 0.2) is 5.58 Å². The molecular formula is C11H12N2O2. The lowest BCUT2D eigenvalue weighted by Gasteiger charge is -2.22. The van der Waals surface area contributed by atoms with E-state index in [4.69, 9.17) is 9.15 Å². The molecule has 0 amide bonds. The van der Waals surface area contributed by atoms with Crippen LogP contribution in [0.25, 0.3) is 11.0 Å². The van der Waals surface area contributed by atoms with Crippen molar-refractivity contribution >= 4 is 11.0 Å². The van der Waals surface area contributed by atoms with Crippen LogP contribution in [0.1, 0.15) is 11.6 Å². The molecular weight excluding hydrogens is 192 g/mol. The van der Waals surface area contributed by atoms with Crippen LogP contribution in [0.15, 0.2) is 29.1 Å². The van der Waals surface area contributed by atoms with Gasteiger partial charge >= 0.3 is 0 Å². The molecule has 1 aliphatic rings. The topological polar surface area (TPSA) is 47.3 Å². The Hall–Kier alpha value is -1.39. The molecule has 1 N–H and O–H groups in total. The first-order valence-corrected chi connectivity index (χ1v) is 5.07. The molecule has 0 aliphatic carbocycles. The largest absolute Gasteiger partial charge is 0.462 e. The minimum Gasteiger partial charge on any atom is -0.462 e. The van der Waals surface area contributed by atoms with Gasteiger partial charge in [0, 0.05) is 23.7 Å². The zero-order valence-electron chi connectivity index (χ0n) is 8.27. The summed E-state index contributed by atoms with van der Waals surface area (Å²) in [6.07, 6.45) is 5.31. The molecule has 2 aromatic rings. The molecule has 0 spiro atoms. The Bertz CT molecular complexity index is 460. The molecule has 0 aromatic carbocycles. The standard InChI is InChI=1S/C11H12N2O2/c1-2-12-5-11-8(1)9(6-15-11)10-7-14-4-3-13-10/h1-2,5-6,10,13H,3-4,7H2. The van der Waals surface area contributed by atoms with Gasteiger partial charge in [-0.2, -0.15) is 0 Å². The molecule has 1 aliphatic heterocycles. The fourth-order valence-electron chi connectivity index (χ4n) is 1.94. The maximum Gasteiger partial charge on any atom is 0.152 e. The second-order valence-corrected chi connectivity index (χ2v) is 3.64. The number of nitrogens with one attached hydrogen (secondary N) is 1. The number of morpholine rings is 1. The predicted octanol–water partition coefficient (Wildman–Crippen LogP) is 1.49. The number of ether oxygens (including phenoxy) is 1. The minimum atomic E-state index is 0.238. The van der Waals surface area contributed by atoms with E-state index in [1.54, 1.807) is 18.7 Å². The van der Waals surface area contributed by atoms with Gasteiger partial charge in [0.25, 0.3) is 0 Å². The predicted molar refractivity (Wildman–Crippen MR) is 55.6 cm³/mol. The van der Waals surface area contributed by atoms with Crippen LogP contribution in [0.5, 0.6) is 0 Å². The van der Waals surface area contributed by atoms with Crippen LogP contribution in [0.4, 0.5) is 0 Å². The van der Waals surface area contributed by atoms with Crippen molar-refractivity contribution in [1.29, 1.82) is 0 Å². The monoisotopic (exact) mass is 204 g/mol. The van der Waals surface area contributed by atoms with Crippen LogP contribution in [0.2, 0.25) is 0 Å². The van der Waals surface area contributed by atoms with Crippen LogP contribution in [-0.4, -0.2) is 24.7 Å². The van der Waals surface area contributed by atoms with E-state index < -0.39 is 0 Å². The molecule has 2 aromatic heterocycles. The smallest absolute Gasteiger partial charge is 0.152 e. The fourth-order valence-corrected chi connectivity index (χ4v) is 1.94. The lowest BCUT2D eigenvalue weighted by atomic mass is 10.1. The van der Waals surface area contributed by atoms with Crippen molar-refractivity contribution in [2.45, 2.75) is 6.04 Å². The normalized spacial score (nSPS) is 22.0. The maximum atomic E-state index is 5.44. The van der Waals surface area contributed by atoms with Crippen molar-refractivity contribution in [1.82, 2.24) is 10.3 Å². The highest BCUT2D eigenvalue weighted by molar-refractivity contribution is 5.80. The van der Waals surface area contributed by atoms with Crippen molar-refractivity contribution in [2.24, 2.45) is 0 Å². The van der Waals surface area contributed by atoms with E-state index >= 15 is 0 Å². The molecule has 15 heavy (non-hydrogen) atoms. The summed E-state index contributed by atoms with van der Waals surface area (Å²) in [6.45, 7) is 2.38. The highest BCUT2D eigenvalue weighted by Gasteiger charge is 2.19. The molecule has 1 saturated heterocycles. The number of rotatable bonds is 1. The molecule has 78 valence electrons. The van der Waals surface area contributed by atoms with Crippen molar-refractivity contribution in [3.8, 4) is 0 Å². The maximum absolute atomic E-state index is 5.44. The molecule has 1 atom stereocenters. The first kappa shape index (κ1) is 8.88. The lowest BCUT2D eigenvalue weighted by molar-refractivity contribution is 0.0770. The lowest BCUT2D eigenvalue weighted by Crippen LogP contribution is -2.34. The quantitative estimate of drug-likeness (QED) is 0.764. The Morgan fingerprint density at radius 3 is 3.33 bits per heavy atom. The summed E-state index contributed by atoms with van der Waals surface area (Å²) < 4.78 is 10.9. The Morgan fingerprint density at radius 1 is 1.47 bits per heavy atom. The highest BCUT2D eigenvalue weighted by atomic mass is 16.5. The molecule has 4 heteroatoms. The number of aromatic nitrogens is 1. The molecule has 3 rings (SSSR count). The summed E-state index contributed by atoms with van der Waals surface area (Å²) in [7, 11) is 0. The SMILES string of the molecule is c1cc2c(C3COCCN3)coc2cn1. The molecule has 0 saturated carbocycles. The Kier molecular flexibility index (Phi) is 2.16. The van der Waals surface area contributed by atoms with Crippen molar-refractivity contribution in [2.75, 3.05) is 19.8 Å². The third-order valence-electron chi connectivity index (χ3n) is 2.71. The van der Waals surface area contributed by atoms with E-state index in [0.29, 0.717) is 6.61 Å². The van der Waals surface area contributed by atoms with Gasteiger partial charge in [-0.3, -0.25) is 4.98 Å². The van der Waals surface area contributed by atoms with Crippen molar-refractivity contribution in [3.05, 3.63) is 30.3 Å². The molecule has 1 fully saturated rings. The third-order valence-corrected chi connectivity index (χ3v) is 2.71. The van der Waals surface area contributed by atoms with Crippen molar-refractivity contribution in [3.63, 3.8) is 0 Å². The number of pyridine rings is 1. The van der Waals surface area contributed by atoms with Crippen LogP contribution in [0.3, 0.4) is 0 Å². The second-order valence-electron chi connectivity index (χ2n) is 3.64. The summed E-state index contributed by atoms with van der Waals surface area (Å²) in [5, 5.41) is 4.53. The van der Waals surface area contributed by atoms with Gasteiger partial charge in [0.05, 0.1) is 31.7 Å². The number of hydrogen-bond acceptors (Lipinski definition) is 4. The van der Waals surface area contributed by atoms with Gasteiger partial charge in [-0.15, -0.1) is 0 Å². The van der Waals surface area contributed by atoms with Crippen LogP contribution >= 0.6 is 0 Å². The highest BCUT2D eigenvalue weighted by Crippen LogP contribution is 2.26. The Balaban J connectivity index is 2.02. The Labute approximate surface area is 87.2 Å². The Morgan fingerprint density at radius 2 is 2.47 bits per heavy atom. The second kappa shape index (κ2) is 3.64. The summed E-state index contributed by atoms with van der Waals surface area (Å²) >= 11 is 0. The van der Waals surface area contributed by atoms with E-state index in [-0.39, 0.29) is 6.04 Å². The molecule has 1 unspecified atom stereocenters. The number of hydrogen-bond donors (Lipinski definition) is 1. The van der Waals surface area contributed by atoms with E-state index in [1.165, 1.54) is 0 Å². The zero-order valence-corrected chi connectivity index (χ0v) is 8.27. The van der Waals surface area contributed by atoms with Crippen LogP contribution in [-0.2, 0) is 4.74 Å². The van der Waals surface area contributed by atoms with E-state index in [1.807, 2.05) is 6.07 Å². The van der Waals surface area contributed by atoms with E-state index in [9.17, 15) is 0 Å². The summed E-state index contributed by atoms with van der Waals surface area (Å²) in [6, 6.07) is 2.21. The zero-order chi connectivity index (χ0) is 10.1. The summed E-state index contributed by atoms with van der Waals surface area (Å²) in [5.41, 5.74) is 1.99. The van der Waals surface area contributed by atoms with E-state index in [0.717, 1.165) is 29.7 Å². The fraction of sp³-hybridized carbons (Fsp3) is 0.364. The molecule has 0 bridgehead atoms.